The summed E-state index contributed by atoms with van der Waals surface area (Å²) in [4.78, 5) is 13.4. The van der Waals surface area contributed by atoms with Gasteiger partial charge < -0.3 is 25.7 Å². The molecule has 0 saturated heterocycles. The molecule has 2 aromatic rings. The molecule has 10 heteroatoms. The van der Waals surface area contributed by atoms with Gasteiger partial charge in [-0.05, 0) is 48.3 Å². The van der Waals surface area contributed by atoms with E-state index in [9.17, 15) is 18.4 Å². The second-order valence-electron chi connectivity index (χ2n) is 10.1. The molecule has 1 aliphatic heterocycles. The first kappa shape index (κ1) is 28.9. The first-order chi connectivity index (χ1) is 17.5. The third kappa shape index (κ3) is 7.01. The van der Waals surface area contributed by atoms with Gasteiger partial charge in [-0.15, -0.1) is 0 Å². The largest absolute Gasteiger partial charge is 0.454 e. The van der Waals surface area contributed by atoms with Gasteiger partial charge in [-0.1, -0.05) is 58.0 Å². The van der Waals surface area contributed by atoms with Gasteiger partial charge in [0.2, 0.25) is 6.79 Å². The van der Waals surface area contributed by atoms with Crippen molar-refractivity contribution < 1.29 is 27.9 Å². The maximum atomic E-state index is 13.3. The number of hydrogen-bond donors (Lipinski definition) is 3. The van der Waals surface area contributed by atoms with Gasteiger partial charge in [0.15, 0.2) is 27.0 Å². The Balaban J connectivity index is 1.64. The lowest BCUT2D eigenvalue weighted by Gasteiger charge is -2.40. The highest BCUT2D eigenvalue weighted by Crippen LogP contribution is 2.34. The zero-order valence-corrected chi connectivity index (χ0v) is 22.8. The topological polar surface area (TPSA) is 131 Å². The van der Waals surface area contributed by atoms with Crippen LogP contribution in [0.4, 0.5) is 0 Å². The van der Waals surface area contributed by atoms with Crippen LogP contribution in [0.15, 0.2) is 53.4 Å². The predicted molar refractivity (Wildman–Crippen MR) is 141 cm³/mol. The number of rotatable bonds is 13. The van der Waals surface area contributed by atoms with Crippen LogP contribution in [-0.4, -0.2) is 55.9 Å². The van der Waals surface area contributed by atoms with Gasteiger partial charge in [0, 0.05) is 19.2 Å². The smallest absolute Gasteiger partial charge is 0.257 e. The summed E-state index contributed by atoms with van der Waals surface area (Å²) in [7, 11) is -3.68. The molecular formula is C27H39N3O6S. The van der Waals surface area contributed by atoms with E-state index in [4.69, 9.17) is 15.2 Å². The zero-order valence-electron chi connectivity index (χ0n) is 22.0. The molecule has 204 valence electrons. The normalized spacial score (nSPS) is 17.2. The van der Waals surface area contributed by atoms with Crippen molar-refractivity contribution in [2.75, 3.05) is 25.6 Å². The summed E-state index contributed by atoms with van der Waals surface area (Å²) in [5.74, 6) is -0.597. The standard InChI is InChI=1S/C27H39N3O6S/c1-5-21(4)27(28,26(31)29-15-19(2)13-22-9-7-6-8-10-22)30(32)16-20(3)17-37(33,34)23-11-12-24-25(14-23)36-18-35-24/h6-12,14,19-21,32H,5,13,15-18,28H2,1-4H3,(H,29,31)/t19-,20+,21-,27?/m0/s1. The minimum absolute atomic E-state index is 0.0516. The minimum atomic E-state index is -3.68. The molecule has 0 bridgehead atoms. The molecule has 3 rings (SSSR count). The number of fused-ring (bicyclic) bond motifs is 1. The average molecular weight is 534 g/mol. The molecule has 1 amide bonds. The summed E-state index contributed by atoms with van der Waals surface area (Å²) in [6.07, 6.45) is 1.34. The summed E-state index contributed by atoms with van der Waals surface area (Å²) < 4.78 is 36.6. The van der Waals surface area contributed by atoms with Crippen LogP contribution in [0.3, 0.4) is 0 Å². The van der Waals surface area contributed by atoms with E-state index >= 15 is 0 Å². The van der Waals surface area contributed by atoms with Crippen LogP contribution in [0.1, 0.15) is 39.7 Å². The van der Waals surface area contributed by atoms with Gasteiger partial charge in [-0.3, -0.25) is 4.79 Å². The lowest BCUT2D eigenvalue weighted by Crippen LogP contribution is -2.68. The summed E-state index contributed by atoms with van der Waals surface area (Å²) in [5.41, 5.74) is 6.01. The summed E-state index contributed by atoms with van der Waals surface area (Å²) >= 11 is 0. The van der Waals surface area contributed by atoms with E-state index in [1.165, 1.54) is 17.7 Å². The van der Waals surface area contributed by atoms with E-state index in [0.717, 1.165) is 11.5 Å². The maximum Gasteiger partial charge on any atom is 0.257 e. The second kappa shape index (κ2) is 12.3. The third-order valence-corrected chi connectivity index (χ3v) is 8.86. The number of carbonyl (C=O) groups is 1. The van der Waals surface area contributed by atoms with E-state index in [1.54, 1.807) is 19.9 Å². The Hall–Kier alpha value is -2.66. The molecule has 0 spiro atoms. The number of nitrogens with zero attached hydrogens (tertiary/aromatic N) is 1. The molecule has 0 radical (unpaired) electrons. The van der Waals surface area contributed by atoms with Crippen molar-refractivity contribution in [3.8, 4) is 11.5 Å². The molecule has 0 fully saturated rings. The molecule has 2 aromatic carbocycles. The highest BCUT2D eigenvalue weighted by Gasteiger charge is 2.45. The fourth-order valence-electron chi connectivity index (χ4n) is 4.44. The van der Waals surface area contributed by atoms with Crippen molar-refractivity contribution in [3.05, 3.63) is 54.1 Å². The van der Waals surface area contributed by atoms with Crippen LogP contribution in [-0.2, 0) is 21.1 Å². The Morgan fingerprint density at radius 1 is 1.11 bits per heavy atom. The van der Waals surface area contributed by atoms with Gasteiger partial charge in [0.1, 0.15) is 0 Å². The lowest BCUT2D eigenvalue weighted by molar-refractivity contribution is -0.200. The fraction of sp³-hybridized carbons (Fsp3) is 0.519. The van der Waals surface area contributed by atoms with Crippen molar-refractivity contribution in [2.24, 2.45) is 23.5 Å². The first-order valence-corrected chi connectivity index (χ1v) is 14.3. The Morgan fingerprint density at radius 2 is 1.78 bits per heavy atom. The van der Waals surface area contributed by atoms with Gasteiger partial charge >= 0.3 is 0 Å². The van der Waals surface area contributed by atoms with E-state index in [2.05, 4.69) is 5.32 Å². The van der Waals surface area contributed by atoms with Gasteiger partial charge in [0.25, 0.3) is 5.91 Å². The van der Waals surface area contributed by atoms with E-state index in [1.807, 2.05) is 44.2 Å². The Kier molecular flexibility index (Phi) is 9.57. The molecule has 0 aliphatic carbocycles. The van der Waals surface area contributed by atoms with E-state index < -0.39 is 27.3 Å². The first-order valence-electron chi connectivity index (χ1n) is 12.7. The van der Waals surface area contributed by atoms with Crippen molar-refractivity contribution in [2.45, 2.75) is 51.1 Å². The molecule has 1 unspecified atom stereocenters. The number of benzene rings is 2. The van der Waals surface area contributed by atoms with Crippen molar-refractivity contribution in [1.82, 2.24) is 10.4 Å². The van der Waals surface area contributed by atoms with Crippen LogP contribution in [0.2, 0.25) is 0 Å². The number of nitrogens with one attached hydrogen (secondary N) is 1. The Labute approximate surface area is 219 Å². The zero-order chi connectivity index (χ0) is 27.2. The number of nitrogens with two attached hydrogens (primary N) is 1. The number of hydrogen-bond acceptors (Lipinski definition) is 8. The van der Waals surface area contributed by atoms with Crippen LogP contribution in [0.5, 0.6) is 11.5 Å². The predicted octanol–water partition coefficient (Wildman–Crippen LogP) is 3.21. The summed E-state index contributed by atoms with van der Waals surface area (Å²) in [6.45, 7) is 7.76. The number of sulfone groups is 1. The molecule has 1 aliphatic rings. The van der Waals surface area contributed by atoms with E-state index in [-0.39, 0.29) is 35.8 Å². The third-order valence-electron chi connectivity index (χ3n) is 6.88. The quantitative estimate of drug-likeness (QED) is 0.264. The SMILES string of the molecule is CC[C@H](C)C(N)(C(=O)NC[C@@H](C)Cc1ccccc1)N(O)C[C@@H](C)CS(=O)(=O)c1ccc2c(c1)OCO2. The summed E-state index contributed by atoms with van der Waals surface area (Å²) in [6, 6.07) is 14.5. The van der Waals surface area contributed by atoms with Crippen LogP contribution in [0, 0.1) is 17.8 Å². The number of ether oxygens (including phenoxy) is 2. The maximum absolute atomic E-state index is 13.3. The van der Waals surface area contributed by atoms with E-state index in [0.29, 0.717) is 24.5 Å². The molecular weight excluding hydrogens is 494 g/mol. The molecule has 9 nitrogen and oxygen atoms in total. The fourth-order valence-corrected chi connectivity index (χ4v) is 6.05. The Bertz CT molecular complexity index is 1160. The molecule has 4 N–H and O–H groups in total. The second-order valence-corrected chi connectivity index (χ2v) is 12.2. The van der Waals surface area contributed by atoms with Gasteiger partial charge in [0.05, 0.1) is 10.6 Å². The number of amides is 1. The molecule has 1 heterocycles. The van der Waals surface area contributed by atoms with Crippen LogP contribution >= 0.6 is 0 Å². The number of hydroxylamine groups is 2. The molecule has 4 atom stereocenters. The van der Waals surface area contributed by atoms with Crippen molar-refractivity contribution in [1.29, 1.82) is 0 Å². The van der Waals surface area contributed by atoms with Crippen LogP contribution < -0.4 is 20.5 Å². The average Bonchev–Trinajstić information content (AvgIpc) is 3.34. The lowest BCUT2D eigenvalue weighted by atomic mass is 9.90. The monoisotopic (exact) mass is 533 g/mol. The Morgan fingerprint density at radius 3 is 2.46 bits per heavy atom. The van der Waals surface area contributed by atoms with Crippen LogP contribution in [0.25, 0.3) is 0 Å². The highest BCUT2D eigenvalue weighted by molar-refractivity contribution is 7.91. The minimum Gasteiger partial charge on any atom is -0.454 e. The molecule has 0 saturated carbocycles. The molecule has 0 aromatic heterocycles. The van der Waals surface area contributed by atoms with Crippen molar-refractivity contribution in [3.63, 3.8) is 0 Å². The van der Waals surface area contributed by atoms with Gasteiger partial charge in [-0.2, -0.15) is 5.06 Å². The van der Waals surface area contributed by atoms with Gasteiger partial charge in [-0.25, -0.2) is 8.42 Å². The summed E-state index contributed by atoms with van der Waals surface area (Å²) in [5, 5.41) is 14.7. The highest BCUT2D eigenvalue weighted by atomic mass is 32.2. The number of carbonyl (C=O) groups excluding carboxylic acids is 1. The van der Waals surface area contributed by atoms with Crippen molar-refractivity contribution >= 4 is 15.7 Å². The molecule has 37 heavy (non-hydrogen) atoms.